The number of rotatable bonds is 3. The van der Waals surface area contributed by atoms with E-state index in [9.17, 15) is 0 Å². The molecule has 2 rings (SSSR count). The van der Waals surface area contributed by atoms with Gasteiger partial charge in [0.2, 0.25) is 0 Å². The highest BCUT2D eigenvalue weighted by molar-refractivity contribution is 5.16. The van der Waals surface area contributed by atoms with Crippen LogP contribution < -0.4 is 5.73 Å². The van der Waals surface area contributed by atoms with Crippen molar-refractivity contribution >= 4 is 0 Å². The van der Waals surface area contributed by atoms with Crippen molar-refractivity contribution < 1.29 is 0 Å². The lowest BCUT2D eigenvalue weighted by atomic mass is 9.83. The summed E-state index contributed by atoms with van der Waals surface area (Å²) in [6.45, 7) is 7.67. The molecule has 3 heteroatoms. The van der Waals surface area contributed by atoms with Crippen LogP contribution >= 0.6 is 0 Å². The van der Waals surface area contributed by atoms with Crippen molar-refractivity contribution in [1.82, 2.24) is 9.88 Å². The van der Waals surface area contributed by atoms with E-state index in [-0.39, 0.29) is 0 Å². The maximum atomic E-state index is 5.96. The molecule has 1 fully saturated rings. The predicted octanol–water partition coefficient (Wildman–Crippen LogP) is 2.20. The van der Waals surface area contributed by atoms with E-state index in [4.69, 9.17) is 5.73 Å². The highest BCUT2D eigenvalue weighted by atomic mass is 15.2. The largest absolute Gasteiger partial charge is 0.329 e. The van der Waals surface area contributed by atoms with E-state index >= 15 is 0 Å². The van der Waals surface area contributed by atoms with Crippen LogP contribution in [0.3, 0.4) is 0 Å². The van der Waals surface area contributed by atoms with Crippen LogP contribution in [0.5, 0.6) is 0 Å². The summed E-state index contributed by atoms with van der Waals surface area (Å²) in [5, 5.41) is 0. The third-order valence-electron chi connectivity index (χ3n) is 3.68. The molecule has 1 aliphatic heterocycles. The van der Waals surface area contributed by atoms with E-state index < -0.39 is 0 Å². The minimum atomic E-state index is 0.345. The van der Waals surface area contributed by atoms with E-state index in [0.29, 0.717) is 18.0 Å². The Morgan fingerprint density at radius 3 is 2.71 bits per heavy atom. The lowest BCUT2D eigenvalue weighted by molar-refractivity contribution is 0.0806. The molecule has 17 heavy (non-hydrogen) atoms. The van der Waals surface area contributed by atoms with E-state index in [1.54, 1.807) is 0 Å². The molecule has 0 aromatic carbocycles. The highest BCUT2D eigenvalue weighted by Gasteiger charge is 2.30. The number of nitrogens with two attached hydrogens (primary N) is 1. The smallest absolute Gasteiger partial charge is 0.0471 e. The van der Waals surface area contributed by atoms with Crippen LogP contribution in [0.4, 0.5) is 0 Å². The van der Waals surface area contributed by atoms with Crippen LogP contribution in [-0.2, 0) is 0 Å². The van der Waals surface area contributed by atoms with Gasteiger partial charge in [-0.2, -0.15) is 0 Å². The van der Waals surface area contributed by atoms with Gasteiger partial charge >= 0.3 is 0 Å². The van der Waals surface area contributed by atoms with E-state index in [1.807, 2.05) is 12.4 Å². The lowest BCUT2D eigenvalue weighted by Crippen LogP contribution is -2.44. The first-order chi connectivity index (χ1) is 8.12. The third kappa shape index (κ3) is 3.05. The van der Waals surface area contributed by atoms with Crippen molar-refractivity contribution in [2.24, 2.45) is 11.1 Å². The average Bonchev–Trinajstić information content (AvgIpc) is 2.30. The molecule has 1 atom stereocenters. The molecule has 0 amide bonds. The van der Waals surface area contributed by atoms with Gasteiger partial charge in [-0.05, 0) is 42.5 Å². The summed E-state index contributed by atoms with van der Waals surface area (Å²) >= 11 is 0. The van der Waals surface area contributed by atoms with Crippen LogP contribution in [0.15, 0.2) is 24.5 Å². The summed E-state index contributed by atoms with van der Waals surface area (Å²) in [4.78, 5) is 6.60. The lowest BCUT2D eigenvalue weighted by Gasteiger charge is -2.42. The highest BCUT2D eigenvalue weighted by Crippen LogP contribution is 2.33. The molecule has 0 spiro atoms. The third-order valence-corrected chi connectivity index (χ3v) is 3.68. The van der Waals surface area contributed by atoms with Gasteiger partial charge in [0.1, 0.15) is 0 Å². The zero-order valence-corrected chi connectivity index (χ0v) is 10.9. The van der Waals surface area contributed by atoms with Gasteiger partial charge in [-0.15, -0.1) is 0 Å². The van der Waals surface area contributed by atoms with E-state index in [1.165, 1.54) is 18.4 Å². The molecule has 3 nitrogen and oxygen atoms in total. The molecule has 0 bridgehead atoms. The van der Waals surface area contributed by atoms with Crippen LogP contribution in [0.25, 0.3) is 0 Å². The summed E-state index contributed by atoms with van der Waals surface area (Å²) < 4.78 is 0. The van der Waals surface area contributed by atoms with E-state index in [0.717, 1.165) is 13.1 Å². The topological polar surface area (TPSA) is 42.1 Å². The number of nitrogens with zero attached hydrogens (tertiary/aromatic N) is 2. The number of aromatic nitrogens is 1. The number of piperidine rings is 1. The molecule has 94 valence electrons. The molecule has 0 aliphatic carbocycles. The summed E-state index contributed by atoms with van der Waals surface area (Å²) in [6.07, 6.45) is 6.30. The summed E-state index contributed by atoms with van der Waals surface area (Å²) in [5.41, 5.74) is 7.67. The monoisotopic (exact) mass is 233 g/mol. The van der Waals surface area contributed by atoms with E-state index in [2.05, 4.69) is 35.9 Å². The maximum absolute atomic E-state index is 5.96. The van der Waals surface area contributed by atoms with Crippen molar-refractivity contribution in [1.29, 1.82) is 0 Å². The molecule has 1 aromatic rings. The molecular weight excluding hydrogens is 210 g/mol. The summed E-state index contributed by atoms with van der Waals surface area (Å²) in [5.74, 6) is 0. The van der Waals surface area contributed by atoms with Crippen LogP contribution in [0.2, 0.25) is 0 Å². The fraction of sp³-hybridized carbons (Fsp3) is 0.643. The molecule has 0 saturated carbocycles. The summed E-state index contributed by atoms with van der Waals surface area (Å²) in [6, 6.07) is 4.51. The summed E-state index contributed by atoms with van der Waals surface area (Å²) in [7, 11) is 0. The quantitative estimate of drug-likeness (QED) is 0.870. The number of hydrogen-bond donors (Lipinski definition) is 1. The standard InChI is InChI=1S/C14H23N3/c1-14(2)6-3-9-17(11-14)13(10-15)12-4-7-16-8-5-12/h4-5,7-8,13H,3,6,9-11,15H2,1-2H3. The second kappa shape index (κ2) is 5.15. The van der Waals surface area contributed by atoms with Gasteiger partial charge in [0.25, 0.3) is 0 Å². The van der Waals surface area contributed by atoms with Crippen LogP contribution in [0, 0.1) is 5.41 Å². The van der Waals surface area contributed by atoms with Crippen LogP contribution in [0.1, 0.15) is 38.3 Å². The molecule has 1 aliphatic rings. The Labute approximate surface area is 104 Å². The van der Waals surface area contributed by atoms with Gasteiger partial charge < -0.3 is 5.73 Å². The number of pyridine rings is 1. The van der Waals surface area contributed by atoms with Crippen molar-refractivity contribution in [2.75, 3.05) is 19.6 Å². The second-order valence-corrected chi connectivity index (χ2v) is 5.77. The molecule has 1 aromatic heterocycles. The fourth-order valence-corrected chi connectivity index (χ4v) is 2.82. The number of likely N-dealkylation sites (tertiary alicyclic amines) is 1. The van der Waals surface area contributed by atoms with Gasteiger partial charge in [-0.25, -0.2) is 0 Å². The first-order valence-corrected chi connectivity index (χ1v) is 6.46. The van der Waals surface area contributed by atoms with Gasteiger partial charge in [-0.3, -0.25) is 9.88 Å². The SMILES string of the molecule is CC1(C)CCCN(C(CN)c2ccncc2)C1. The normalized spacial score (nSPS) is 22.3. The molecular formula is C14H23N3. The minimum absolute atomic E-state index is 0.345. The molecule has 1 unspecified atom stereocenters. The van der Waals surface area contributed by atoms with Gasteiger partial charge in [0, 0.05) is 31.5 Å². The zero-order valence-electron chi connectivity index (χ0n) is 10.9. The van der Waals surface area contributed by atoms with Gasteiger partial charge in [0.15, 0.2) is 0 Å². The predicted molar refractivity (Wildman–Crippen MR) is 70.6 cm³/mol. The second-order valence-electron chi connectivity index (χ2n) is 5.77. The Bertz CT molecular complexity index is 348. The molecule has 0 radical (unpaired) electrons. The van der Waals surface area contributed by atoms with Crippen molar-refractivity contribution in [3.63, 3.8) is 0 Å². The Morgan fingerprint density at radius 2 is 2.12 bits per heavy atom. The zero-order chi connectivity index (χ0) is 12.3. The number of hydrogen-bond acceptors (Lipinski definition) is 3. The Balaban J connectivity index is 2.13. The van der Waals surface area contributed by atoms with Gasteiger partial charge in [0.05, 0.1) is 0 Å². The van der Waals surface area contributed by atoms with Crippen molar-refractivity contribution in [3.05, 3.63) is 30.1 Å². The first kappa shape index (κ1) is 12.5. The van der Waals surface area contributed by atoms with Crippen molar-refractivity contribution in [3.8, 4) is 0 Å². The van der Waals surface area contributed by atoms with Gasteiger partial charge in [-0.1, -0.05) is 13.8 Å². The molecule has 2 N–H and O–H groups in total. The Kier molecular flexibility index (Phi) is 3.79. The fourth-order valence-electron chi connectivity index (χ4n) is 2.82. The first-order valence-electron chi connectivity index (χ1n) is 6.46. The van der Waals surface area contributed by atoms with Crippen LogP contribution in [-0.4, -0.2) is 29.5 Å². The Hall–Kier alpha value is -0.930. The minimum Gasteiger partial charge on any atom is -0.329 e. The average molecular weight is 233 g/mol. The van der Waals surface area contributed by atoms with Crippen molar-refractivity contribution in [2.45, 2.75) is 32.7 Å². The maximum Gasteiger partial charge on any atom is 0.0471 e. The molecule has 2 heterocycles. The molecule has 1 saturated heterocycles. The Morgan fingerprint density at radius 1 is 1.41 bits per heavy atom.